The van der Waals surface area contributed by atoms with Crippen molar-refractivity contribution in [1.82, 2.24) is 4.57 Å². The molecular weight excluding hydrogens is 268 g/mol. The van der Waals surface area contributed by atoms with E-state index in [9.17, 15) is 0 Å². The number of aromatic nitrogens is 1. The van der Waals surface area contributed by atoms with E-state index in [-0.39, 0.29) is 5.41 Å². The molecule has 3 aromatic rings. The van der Waals surface area contributed by atoms with E-state index < -0.39 is 0 Å². The molecule has 0 aliphatic heterocycles. The number of para-hydroxylation sites is 1. The Morgan fingerprint density at radius 1 is 1.00 bits per heavy atom. The lowest BCUT2D eigenvalue weighted by Crippen LogP contribution is -2.31. The minimum Gasteiger partial charge on any atom is -0.341 e. The third-order valence-electron chi connectivity index (χ3n) is 5.65. The lowest BCUT2D eigenvalue weighted by Gasteiger charge is -2.28. The zero-order valence-electron chi connectivity index (χ0n) is 13.3. The van der Waals surface area contributed by atoms with Gasteiger partial charge in [0.25, 0.3) is 0 Å². The average Bonchev–Trinajstić information content (AvgIpc) is 3.17. The second kappa shape index (κ2) is 5.13. The monoisotopic (exact) mass is 292 g/mol. The van der Waals surface area contributed by atoms with Gasteiger partial charge < -0.3 is 10.3 Å². The predicted octanol–water partition coefficient (Wildman–Crippen LogP) is 4.58. The number of fused-ring (bicyclic) bond motifs is 3. The van der Waals surface area contributed by atoms with Crippen LogP contribution in [0.2, 0.25) is 0 Å². The molecule has 22 heavy (non-hydrogen) atoms. The quantitative estimate of drug-likeness (QED) is 0.752. The number of benzene rings is 2. The fourth-order valence-electron chi connectivity index (χ4n) is 4.39. The van der Waals surface area contributed by atoms with Crippen LogP contribution in [0.5, 0.6) is 0 Å². The first-order valence-electron chi connectivity index (χ1n) is 8.50. The van der Waals surface area contributed by atoms with Gasteiger partial charge >= 0.3 is 0 Å². The molecule has 0 spiro atoms. The Bertz CT molecular complexity index is 822. The minimum atomic E-state index is 0.212. The fraction of sp³-hybridized carbons (Fsp3) is 0.400. The Balaban J connectivity index is 2.00. The highest BCUT2D eigenvalue weighted by molar-refractivity contribution is 6.08. The van der Waals surface area contributed by atoms with Crippen LogP contribution in [-0.4, -0.2) is 11.1 Å². The lowest BCUT2D eigenvalue weighted by molar-refractivity contribution is 0.453. The maximum atomic E-state index is 6.18. The molecule has 0 radical (unpaired) electrons. The number of rotatable bonds is 3. The van der Waals surface area contributed by atoms with Crippen LogP contribution in [0.1, 0.15) is 38.2 Å². The van der Waals surface area contributed by atoms with E-state index in [0.29, 0.717) is 0 Å². The molecule has 1 aliphatic carbocycles. The molecule has 2 nitrogen and oxygen atoms in total. The SMILES string of the molecule is CCn1c2ccccc2c2cc(C3(CN)CCCC3)ccc21. The van der Waals surface area contributed by atoms with Gasteiger partial charge in [-0.05, 0) is 43.5 Å². The Kier molecular flexibility index (Phi) is 3.23. The van der Waals surface area contributed by atoms with Gasteiger partial charge in [0.1, 0.15) is 0 Å². The topological polar surface area (TPSA) is 30.9 Å². The molecule has 0 unspecified atom stereocenters. The van der Waals surface area contributed by atoms with E-state index in [0.717, 1.165) is 13.1 Å². The summed E-state index contributed by atoms with van der Waals surface area (Å²) in [4.78, 5) is 0. The molecule has 1 fully saturated rings. The van der Waals surface area contributed by atoms with Crippen molar-refractivity contribution >= 4 is 21.8 Å². The molecule has 1 saturated carbocycles. The number of nitrogens with zero attached hydrogens (tertiary/aromatic N) is 1. The van der Waals surface area contributed by atoms with Crippen molar-refractivity contribution in [3.63, 3.8) is 0 Å². The van der Waals surface area contributed by atoms with Crippen molar-refractivity contribution in [2.75, 3.05) is 6.54 Å². The van der Waals surface area contributed by atoms with Crippen LogP contribution in [0.15, 0.2) is 42.5 Å². The average molecular weight is 292 g/mol. The van der Waals surface area contributed by atoms with Crippen LogP contribution in [0.4, 0.5) is 0 Å². The van der Waals surface area contributed by atoms with E-state index in [2.05, 4.69) is 54.0 Å². The Morgan fingerprint density at radius 2 is 1.73 bits per heavy atom. The lowest BCUT2D eigenvalue weighted by atomic mass is 9.78. The van der Waals surface area contributed by atoms with Crippen molar-refractivity contribution in [2.24, 2.45) is 5.73 Å². The summed E-state index contributed by atoms with van der Waals surface area (Å²) in [5.41, 5.74) is 10.5. The number of aryl methyl sites for hydroxylation is 1. The van der Waals surface area contributed by atoms with Crippen LogP contribution >= 0.6 is 0 Å². The fourth-order valence-corrected chi connectivity index (χ4v) is 4.39. The molecule has 1 heterocycles. The third kappa shape index (κ3) is 1.83. The van der Waals surface area contributed by atoms with E-state index in [1.807, 2.05) is 0 Å². The second-order valence-electron chi connectivity index (χ2n) is 6.68. The van der Waals surface area contributed by atoms with Crippen LogP contribution in [0.25, 0.3) is 21.8 Å². The van der Waals surface area contributed by atoms with Gasteiger partial charge in [-0.1, -0.05) is 37.1 Å². The molecule has 4 rings (SSSR count). The maximum absolute atomic E-state index is 6.18. The molecular formula is C20H24N2. The summed E-state index contributed by atoms with van der Waals surface area (Å²) in [6.45, 7) is 3.99. The van der Waals surface area contributed by atoms with Crippen molar-refractivity contribution in [2.45, 2.75) is 44.6 Å². The Hall–Kier alpha value is -1.80. The molecule has 0 bridgehead atoms. The number of hydrogen-bond acceptors (Lipinski definition) is 1. The van der Waals surface area contributed by atoms with Crippen LogP contribution in [0, 0.1) is 0 Å². The first-order valence-corrected chi connectivity index (χ1v) is 8.50. The van der Waals surface area contributed by atoms with E-state index >= 15 is 0 Å². The van der Waals surface area contributed by atoms with Gasteiger partial charge in [0.05, 0.1) is 0 Å². The van der Waals surface area contributed by atoms with Gasteiger partial charge in [-0.2, -0.15) is 0 Å². The molecule has 0 amide bonds. The normalized spacial score (nSPS) is 17.5. The van der Waals surface area contributed by atoms with Crippen molar-refractivity contribution in [3.8, 4) is 0 Å². The largest absolute Gasteiger partial charge is 0.341 e. The van der Waals surface area contributed by atoms with Crippen LogP contribution in [0.3, 0.4) is 0 Å². The van der Waals surface area contributed by atoms with Crippen LogP contribution in [-0.2, 0) is 12.0 Å². The van der Waals surface area contributed by atoms with E-state index in [1.54, 1.807) is 0 Å². The molecule has 114 valence electrons. The van der Waals surface area contributed by atoms with E-state index in [1.165, 1.54) is 53.1 Å². The molecule has 0 saturated heterocycles. The van der Waals surface area contributed by atoms with E-state index in [4.69, 9.17) is 5.73 Å². The zero-order valence-corrected chi connectivity index (χ0v) is 13.3. The highest BCUT2D eigenvalue weighted by Crippen LogP contribution is 2.42. The van der Waals surface area contributed by atoms with Gasteiger partial charge in [-0.15, -0.1) is 0 Å². The second-order valence-corrected chi connectivity index (χ2v) is 6.68. The van der Waals surface area contributed by atoms with Gasteiger partial charge in [-0.25, -0.2) is 0 Å². The zero-order chi connectivity index (χ0) is 15.2. The van der Waals surface area contributed by atoms with Gasteiger partial charge in [0, 0.05) is 40.3 Å². The highest BCUT2D eigenvalue weighted by atomic mass is 15.0. The smallest absolute Gasteiger partial charge is 0.0491 e. The summed E-state index contributed by atoms with van der Waals surface area (Å²) >= 11 is 0. The number of nitrogens with two attached hydrogens (primary N) is 1. The van der Waals surface area contributed by atoms with Crippen molar-refractivity contribution in [3.05, 3.63) is 48.0 Å². The first-order chi connectivity index (χ1) is 10.8. The summed E-state index contributed by atoms with van der Waals surface area (Å²) in [6.07, 6.45) is 5.10. The minimum absolute atomic E-state index is 0.212. The number of hydrogen-bond donors (Lipinski definition) is 1. The Morgan fingerprint density at radius 3 is 2.45 bits per heavy atom. The summed E-state index contributed by atoms with van der Waals surface area (Å²) in [6, 6.07) is 15.8. The molecule has 2 heteroatoms. The molecule has 2 N–H and O–H groups in total. The molecule has 0 atom stereocenters. The molecule has 2 aromatic carbocycles. The van der Waals surface area contributed by atoms with Crippen molar-refractivity contribution < 1.29 is 0 Å². The maximum Gasteiger partial charge on any atom is 0.0491 e. The van der Waals surface area contributed by atoms with Gasteiger partial charge in [0.2, 0.25) is 0 Å². The summed E-state index contributed by atoms with van der Waals surface area (Å²) < 4.78 is 2.41. The third-order valence-corrected chi connectivity index (χ3v) is 5.65. The van der Waals surface area contributed by atoms with Crippen molar-refractivity contribution in [1.29, 1.82) is 0 Å². The predicted molar refractivity (Wildman–Crippen MR) is 94.3 cm³/mol. The van der Waals surface area contributed by atoms with Gasteiger partial charge in [0.15, 0.2) is 0 Å². The highest BCUT2D eigenvalue weighted by Gasteiger charge is 2.34. The summed E-state index contributed by atoms with van der Waals surface area (Å²) in [7, 11) is 0. The first kappa shape index (κ1) is 13.8. The standard InChI is InChI=1S/C20H24N2/c1-2-22-18-8-4-3-7-16(18)17-13-15(9-10-19(17)22)20(14-21)11-5-6-12-20/h3-4,7-10,13H,2,5-6,11-12,14,21H2,1H3. The van der Waals surface area contributed by atoms with Crippen LogP contribution < -0.4 is 5.73 Å². The summed E-state index contributed by atoms with van der Waals surface area (Å²) in [5, 5.41) is 2.75. The summed E-state index contributed by atoms with van der Waals surface area (Å²) in [5.74, 6) is 0. The molecule has 1 aliphatic rings. The molecule has 1 aromatic heterocycles. The Labute approximate surface area is 131 Å². The van der Waals surface area contributed by atoms with Gasteiger partial charge in [-0.3, -0.25) is 0 Å².